The van der Waals surface area contributed by atoms with E-state index >= 15 is 0 Å². The van der Waals surface area contributed by atoms with Crippen LogP contribution in [-0.4, -0.2) is 11.8 Å². The van der Waals surface area contributed by atoms with E-state index in [1.165, 1.54) is 18.2 Å². The molecule has 12 heavy (non-hydrogen) atoms. The van der Waals surface area contributed by atoms with Crippen molar-refractivity contribution in [3.05, 3.63) is 29.8 Å². The maximum absolute atomic E-state index is 10.8. The van der Waals surface area contributed by atoms with Gasteiger partial charge in [0, 0.05) is 11.3 Å². The van der Waals surface area contributed by atoms with Gasteiger partial charge in [0.05, 0.1) is 0 Å². The molecule has 62 valence electrons. The third kappa shape index (κ3) is 1.42. The Hall–Kier alpha value is -1.84. The first kappa shape index (κ1) is 8.26. The molecule has 0 atom stereocenters. The lowest BCUT2D eigenvalue weighted by Crippen LogP contribution is -2.31. The van der Waals surface area contributed by atoms with Gasteiger partial charge in [0.1, 0.15) is 5.97 Å². The number of nitrogens with two attached hydrogens (primary N) is 1. The zero-order valence-electron chi connectivity index (χ0n) is 6.11. The number of carboxylic acid groups (broad SMARTS) is 1. The quantitative estimate of drug-likeness (QED) is 0.352. The highest BCUT2D eigenvalue weighted by Crippen LogP contribution is 2.10. The smallest absolute Gasteiger partial charge is 0.210 e. The Morgan fingerprint density at radius 1 is 1.25 bits per heavy atom. The van der Waals surface area contributed by atoms with E-state index in [1.807, 2.05) is 0 Å². The number of carbonyl (C=O) groups is 2. The molecule has 0 unspecified atom stereocenters. The fraction of sp³-hybridized carbons (Fsp3) is 0. The van der Waals surface area contributed by atoms with E-state index in [2.05, 4.69) is 0 Å². The van der Waals surface area contributed by atoms with Crippen LogP contribution in [0.5, 0.6) is 0 Å². The van der Waals surface area contributed by atoms with Crippen molar-refractivity contribution in [2.24, 2.45) is 0 Å². The highest BCUT2D eigenvalue weighted by atomic mass is 16.4. The minimum absolute atomic E-state index is 0.0301. The van der Waals surface area contributed by atoms with E-state index in [0.717, 1.165) is 0 Å². The van der Waals surface area contributed by atoms with Crippen LogP contribution < -0.4 is 10.8 Å². The lowest BCUT2D eigenvalue weighted by molar-refractivity contribution is -0.296. The summed E-state index contributed by atoms with van der Waals surface area (Å²) in [6.45, 7) is 0. The number of Topliss-reactive ketones (excluding diaryl/α,β-unsaturated/α-hetero) is 1. The largest absolute Gasteiger partial charge is 0.541 e. The number of carbonyl (C=O) groups excluding carboxylic acids is 2. The minimum atomic E-state index is -1.74. The Balaban J connectivity index is 3.11. The molecule has 0 aromatic heterocycles. The number of nitrogen functional groups attached to an aromatic ring is 1. The number of hydrogen-bond acceptors (Lipinski definition) is 4. The predicted octanol–water partition coefficient (Wildman–Crippen LogP) is -0.799. The molecule has 0 fully saturated rings. The molecule has 0 aliphatic heterocycles. The Kier molecular flexibility index (Phi) is 2.09. The number of ketones is 1. The molecule has 2 N–H and O–H groups in total. The lowest BCUT2D eigenvalue weighted by atomic mass is 10.1. The monoisotopic (exact) mass is 164 g/mol. The van der Waals surface area contributed by atoms with Gasteiger partial charge in [0.15, 0.2) is 0 Å². The van der Waals surface area contributed by atoms with Crippen LogP contribution in [0.25, 0.3) is 0 Å². The molecule has 0 aliphatic rings. The van der Waals surface area contributed by atoms with Crippen molar-refractivity contribution >= 4 is 17.4 Å². The summed E-state index contributed by atoms with van der Waals surface area (Å²) in [5.41, 5.74) is 5.46. The topological polar surface area (TPSA) is 83.2 Å². The summed E-state index contributed by atoms with van der Waals surface area (Å²) in [6.07, 6.45) is 0. The summed E-state index contributed by atoms with van der Waals surface area (Å²) in [6, 6.07) is 5.94. The number of para-hydroxylation sites is 1. The van der Waals surface area contributed by atoms with Crippen LogP contribution in [0.15, 0.2) is 24.3 Å². The molecule has 4 nitrogen and oxygen atoms in total. The molecule has 0 saturated carbocycles. The summed E-state index contributed by atoms with van der Waals surface area (Å²) < 4.78 is 0. The summed E-state index contributed by atoms with van der Waals surface area (Å²) >= 11 is 0. The molecule has 0 bridgehead atoms. The summed E-state index contributed by atoms with van der Waals surface area (Å²) in [4.78, 5) is 21.0. The van der Waals surface area contributed by atoms with Crippen molar-refractivity contribution < 1.29 is 14.7 Å². The van der Waals surface area contributed by atoms with Crippen LogP contribution in [0.4, 0.5) is 5.69 Å². The maximum atomic E-state index is 10.8. The number of benzene rings is 1. The average Bonchev–Trinajstić information content (AvgIpc) is 2.04. The highest BCUT2D eigenvalue weighted by molar-refractivity contribution is 6.40. The summed E-state index contributed by atoms with van der Waals surface area (Å²) in [5, 5.41) is 10.1. The fourth-order valence-electron chi connectivity index (χ4n) is 0.814. The van der Waals surface area contributed by atoms with Gasteiger partial charge < -0.3 is 15.6 Å². The lowest BCUT2D eigenvalue weighted by Gasteiger charge is -2.03. The van der Waals surface area contributed by atoms with Crippen LogP contribution in [0.1, 0.15) is 10.4 Å². The van der Waals surface area contributed by atoms with Gasteiger partial charge in [-0.1, -0.05) is 12.1 Å². The molecule has 0 aliphatic carbocycles. The molecular formula is C8H6NO3-. The van der Waals surface area contributed by atoms with E-state index in [0.29, 0.717) is 0 Å². The third-order valence-electron chi connectivity index (χ3n) is 1.39. The second-order valence-electron chi connectivity index (χ2n) is 2.20. The fourth-order valence-corrected chi connectivity index (χ4v) is 0.814. The number of anilines is 1. The normalized spacial score (nSPS) is 9.33. The first-order valence-corrected chi connectivity index (χ1v) is 3.23. The van der Waals surface area contributed by atoms with Crippen molar-refractivity contribution in [2.45, 2.75) is 0 Å². The van der Waals surface area contributed by atoms with Crippen molar-refractivity contribution in [3.8, 4) is 0 Å². The van der Waals surface area contributed by atoms with E-state index in [9.17, 15) is 14.7 Å². The zero-order chi connectivity index (χ0) is 9.14. The van der Waals surface area contributed by atoms with E-state index in [4.69, 9.17) is 5.73 Å². The van der Waals surface area contributed by atoms with Crippen LogP contribution in [0, 0.1) is 0 Å². The molecule has 0 spiro atoms. The average molecular weight is 164 g/mol. The van der Waals surface area contributed by atoms with Gasteiger partial charge in [-0.2, -0.15) is 0 Å². The van der Waals surface area contributed by atoms with E-state index < -0.39 is 11.8 Å². The maximum Gasteiger partial charge on any atom is 0.210 e. The second-order valence-corrected chi connectivity index (χ2v) is 2.20. The molecule has 4 heteroatoms. The SMILES string of the molecule is Nc1ccccc1C(=O)C(=O)[O-]. The summed E-state index contributed by atoms with van der Waals surface area (Å²) in [5.74, 6) is -2.83. The van der Waals surface area contributed by atoms with Gasteiger partial charge in [-0.15, -0.1) is 0 Å². The van der Waals surface area contributed by atoms with Crippen LogP contribution in [-0.2, 0) is 4.79 Å². The second kappa shape index (κ2) is 3.04. The van der Waals surface area contributed by atoms with Crippen LogP contribution in [0.2, 0.25) is 0 Å². The highest BCUT2D eigenvalue weighted by Gasteiger charge is 2.08. The van der Waals surface area contributed by atoms with Crippen LogP contribution >= 0.6 is 0 Å². The molecular weight excluding hydrogens is 158 g/mol. The Labute approximate surface area is 68.6 Å². The predicted molar refractivity (Wildman–Crippen MR) is 40.2 cm³/mol. The van der Waals surface area contributed by atoms with Crippen molar-refractivity contribution in [3.63, 3.8) is 0 Å². The first-order valence-electron chi connectivity index (χ1n) is 3.23. The first-order chi connectivity index (χ1) is 5.63. The molecule has 0 radical (unpaired) electrons. The van der Waals surface area contributed by atoms with Crippen LogP contribution in [0.3, 0.4) is 0 Å². The van der Waals surface area contributed by atoms with Crippen molar-refractivity contribution in [2.75, 3.05) is 5.73 Å². The van der Waals surface area contributed by atoms with E-state index in [1.54, 1.807) is 6.07 Å². The van der Waals surface area contributed by atoms with Crippen molar-refractivity contribution in [1.82, 2.24) is 0 Å². The zero-order valence-corrected chi connectivity index (χ0v) is 6.11. The van der Waals surface area contributed by atoms with Gasteiger partial charge in [0.25, 0.3) is 0 Å². The van der Waals surface area contributed by atoms with Gasteiger partial charge >= 0.3 is 0 Å². The third-order valence-corrected chi connectivity index (χ3v) is 1.39. The molecule has 1 rings (SSSR count). The molecule has 0 saturated heterocycles. The van der Waals surface area contributed by atoms with Crippen molar-refractivity contribution in [1.29, 1.82) is 0 Å². The number of rotatable bonds is 2. The molecule has 1 aromatic carbocycles. The Bertz CT molecular complexity index is 333. The molecule has 0 amide bonds. The molecule has 0 heterocycles. The Morgan fingerprint density at radius 2 is 1.83 bits per heavy atom. The standard InChI is InChI=1S/C8H7NO3/c9-6-4-2-1-3-5(6)7(10)8(11)12/h1-4H,9H2,(H,11,12)/p-1. The minimum Gasteiger partial charge on any atom is -0.541 e. The number of hydrogen-bond donors (Lipinski definition) is 1. The Morgan fingerprint density at radius 3 is 2.33 bits per heavy atom. The van der Waals surface area contributed by atoms with E-state index in [-0.39, 0.29) is 11.3 Å². The van der Waals surface area contributed by atoms with Gasteiger partial charge in [0.2, 0.25) is 5.78 Å². The van der Waals surface area contributed by atoms with Gasteiger partial charge in [-0.25, -0.2) is 0 Å². The van der Waals surface area contributed by atoms with Gasteiger partial charge in [-0.3, -0.25) is 4.79 Å². The van der Waals surface area contributed by atoms with Gasteiger partial charge in [-0.05, 0) is 12.1 Å². The summed E-state index contributed by atoms with van der Waals surface area (Å²) in [7, 11) is 0. The molecule has 1 aromatic rings. The number of aliphatic carboxylic acids is 1. The number of carboxylic acids is 1.